The zero-order chi connectivity index (χ0) is 21.4. The molecule has 29 heavy (non-hydrogen) atoms. The molecule has 0 heterocycles. The van der Waals surface area contributed by atoms with Gasteiger partial charge in [-0.15, -0.1) is 0 Å². The van der Waals surface area contributed by atoms with Crippen LogP contribution in [0.1, 0.15) is 28.4 Å². The lowest BCUT2D eigenvalue weighted by Crippen LogP contribution is -2.30. The van der Waals surface area contributed by atoms with Crippen molar-refractivity contribution in [1.82, 2.24) is 5.32 Å². The number of halogens is 1. The lowest BCUT2D eigenvalue weighted by molar-refractivity contribution is -0.141. The van der Waals surface area contributed by atoms with Crippen LogP contribution < -0.4 is 20.5 Å². The summed E-state index contributed by atoms with van der Waals surface area (Å²) in [6, 6.07) is 10.6. The molecule has 0 fully saturated rings. The quantitative estimate of drug-likeness (QED) is 0.601. The van der Waals surface area contributed by atoms with Gasteiger partial charge < -0.3 is 25.3 Å². The fraction of sp³-hybridized carbons (Fsp3) is 0.250. The lowest BCUT2D eigenvalue weighted by atomic mass is 10.0. The minimum Gasteiger partial charge on any atom is -0.493 e. The van der Waals surface area contributed by atoms with E-state index in [0.29, 0.717) is 10.6 Å². The van der Waals surface area contributed by atoms with Gasteiger partial charge in [-0.2, -0.15) is 0 Å². The summed E-state index contributed by atoms with van der Waals surface area (Å²) in [5, 5.41) is 3.19. The van der Waals surface area contributed by atoms with Crippen molar-refractivity contribution < 1.29 is 28.6 Å². The Hall–Kier alpha value is -3.26. The fourth-order valence-corrected chi connectivity index (χ4v) is 2.83. The molecule has 0 aromatic heterocycles. The first kappa shape index (κ1) is 22.0. The summed E-state index contributed by atoms with van der Waals surface area (Å²) in [5.41, 5.74) is 5.91. The number of benzene rings is 2. The Morgan fingerprint density at radius 1 is 1.10 bits per heavy atom. The van der Waals surface area contributed by atoms with Crippen molar-refractivity contribution in [3.63, 3.8) is 0 Å². The Labute approximate surface area is 172 Å². The van der Waals surface area contributed by atoms with Gasteiger partial charge in [0.25, 0.3) is 11.8 Å². The van der Waals surface area contributed by atoms with Gasteiger partial charge in [-0.25, -0.2) is 0 Å². The van der Waals surface area contributed by atoms with E-state index >= 15 is 0 Å². The van der Waals surface area contributed by atoms with Gasteiger partial charge >= 0.3 is 5.97 Å². The van der Waals surface area contributed by atoms with E-state index in [0.717, 1.165) is 0 Å². The van der Waals surface area contributed by atoms with Crippen molar-refractivity contribution in [1.29, 1.82) is 0 Å². The number of esters is 1. The van der Waals surface area contributed by atoms with Crippen molar-refractivity contribution in [2.45, 2.75) is 12.5 Å². The SMILES string of the molecule is COC(=O)CC(NC(=O)c1ccc(OCC(N)=O)c(OC)c1)c1ccccc1Cl. The predicted molar refractivity (Wildman–Crippen MR) is 106 cm³/mol. The second-order valence-corrected chi connectivity index (χ2v) is 6.36. The van der Waals surface area contributed by atoms with Crippen LogP contribution in [0.3, 0.4) is 0 Å². The monoisotopic (exact) mass is 420 g/mol. The number of carbonyl (C=O) groups is 3. The summed E-state index contributed by atoms with van der Waals surface area (Å²) in [4.78, 5) is 35.5. The van der Waals surface area contributed by atoms with Crippen LogP contribution in [0.5, 0.6) is 11.5 Å². The number of carbonyl (C=O) groups excluding carboxylic acids is 3. The predicted octanol–water partition coefficient (Wildman–Crippen LogP) is 2.25. The molecule has 0 saturated carbocycles. The number of hydrogen-bond acceptors (Lipinski definition) is 6. The summed E-state index contributed by atoms with van der Waals surface area (Å²) >= 11 is 6.23. The first-order valence-electron chi connectivity index (χ1n) is 8.57. The maximum absolute atomic E-state index is 12.8. The standard InChI is InChI=1S/C20H21ClN2O6/c1-27-17-9-12(7-8-16(17)29-11-18(22)24)20(26)23-15(10-19(25)28-2)13-5-3-4-6-14(13)21/h3-9,15H,10-11H2,1-2H3,(H2,22,24)(H,23,26). The van der Waals surface area contributed by atoms with E-state index in [1.165, 1.54) is 32.4 Å². The van der Waals surface area contributed by atoms with Crippen LogP contribution in [-0.2, 0) is 14.3 Å². The third kappa shape index (κ3) is 6.11. The molecule has 0 bridgehead atoms. The molecule has 2 amide bonds. The number of hydrogen-bond donors (Lipinski definition) is 2. The third-order valence-electron chi connectivity index (χ3n) is 3.98. The summed E-state index contributed by atoms with van der Waals surface area (Å²) in [6.45, 7) is -0.324. The van der Waals surface area contributed by atoms with E-state index in [4.69, 9.17) is 31.5 Å². The highest BCUT2D eigenvalue weighted by molar-refractivity contribution is 6.31. The molecule has 2 rings (SSSR count). The molecular formula is C20H21ClN2O6. The minimum absolute atomic E-state index is 0.0943. The van der Waals surface area contributed by atoms with E-state index < -0.39 is 23.8 Å². The van der Waals surface area contributed by atoms with Gasteiger partial charge in [-0.05, 0) is 29.8 Å². The molecule has 154 valence electrons. The highest BCUT2D eigenvalue weighted by Gasteiger charge is 2.22. The van der Waals surface area contributed by atoms with Crippen molar-refractivity contribution in [3.05, 3.63) is 58.6 Å². The van der Waals surface area contributed by atoms with Crippen LogP contribution >= 0.6 is 11.6 Å². The van der Waals surface area contributed by atoms with E-state index in [2.05, 4.69) is 5.32 Å². The first-order valence-corrected chi connectivity index (χ1v) is 8.94. The topological polar surface area (TPSA) is 117 Å². The molecule has 3 N–H and O–H groups in total. The number of rotatable bonds is 9. The molecular weight excluding hydrogens is 400 g/mol. The molecule has 0 aliphatic heterocycles. The van der Waals surface area contributed by atoms with E-state index in [1.807, 2.05) is 0 Å². The van der Waals surface area contributed by atoms with Crippen LogP contribution in [-0.4, -0.2) is 38.6 Å². The van der Waals surface area contributed by atoms with Crippen molar-refractivity contribution >= 4 is 29.4 Å². The Balaban J connectivity index is 2.25. The summed E-state index contributed by atoms with van der Waals surface area (Å²) in [5.74, 6) is -1.08. The van der Waals surface area contributed by atoms with Gasteiger partial charge in [0.05, 0.1) is 26.7 Å². The Morgan fingerprint density at radius 2 is 1.83 bits per heavy atom. The number of methoxy groups -OCH3 is 2. The van der Waals surface area contributed by atoms with E-state index in [9.17, 15) is 14.4 Å². The number of ether oxygens (including phenoxy) is 3. The molecule has 8 nitrogen and oxygen atoms in total. The summed E-state index contributed by atoms with van der Waals surface area (Å²) < 4.78 is 15.2. The van der Waals surface area contributed by atoms with Crippen LogP contribution in [0.2, 0.25) is 5.02 Å². The second kappa shape index (κ2) is 10.3. The zero-order valence-corrected chi connectivity index (χ0v) is 16.7. The molecule has 1 unspecified atom stereocenters. The average molecular weight is 421 g/mol. The van der Waals surface area contributed by atoms with Gasteiger partial charge in [-0.1, -0.05) is 29.8 Å². The normalized spacial score (nSPS) is 11.3. The summed E-state index contributed by atoms with van der Waals surface area (Å²) in [6.07, 6.45) is -0.0943. The second-order valence-electron chi connectivity index (χ2n) is 5.95. The van der Waals surface area contributed by atoms with Gasteiger partial charge in [0.2, 0.25) is 0 Å². The number of primary amides is 1. The van der Waals surface area contributed by atoms with Crippen molar-refractivity contribution in [2.75, 3.05) is 20.8 Å². The number of nitrogens with two attached hydrogens (primary N) is 1. The molecule has 0 radical (unpaired) electrons. The smallest absolute Gasteiger partial charge is 0.307 e. The lowest BCUT2D eigenvalue weighted by Gasteiger charge is -2.20. The van der Waals surface area contributed by atoms with E-state index in [-0.39, 0.29) is 30.1 Å². The molecule has 0 aliphatic carbocycles. The zero-order valence-electron chi connectivity index (χ0n) is 15.9. The first-order chi connectivity index (χ1) is 13.8. The molecule has 0 spiro atoms. The molecule has 9 heteroatoms. The number of nitrogens with one attached hydrogen (secondary N) is 1. The third-order valence-corrected chi connectivity index (χ3v) is 4.32. The van der Waals surface area contributed by atoms with Gasteiger partial charge in [0.1, 0.15) is 0 Å². The fourth-order valence-electron chi connectivity index (χ4n) is 2.56. The molecule has 2 aromatic rings. The highest BCUT2D eigenvalue weighted by atomic mass is 35.5. The molecule has 0 saturated heterocycles. The maximum Gasteiger partial charge on any atom is 0.307 e. The molecule has 1 atom stereocenters. The maximum atomic E-state index is 12.8. The number of amides is 2. The average Bonchev–Trinajstić information content (AvgIpc) is 2.71. The Morgan fingerprint density at radius 3 is 2.45 bits per heavy atom. The van der Waals surface area contributed by atoms with Crippen LogP contribution in [0.4, 0.5) is 0 Å². The van der Waals surface area contributed by atoms with Gasteiger partial charge in [0.15, 0.2) is 18.1 Å². The highest BCUT2D eigenvalue weighted by Crippen LogP contribution is 2.29. The summed E-state index contributed by atoms with van der Waals surface area (Å²) in [7, 11) is 2.67. The molecule has 2 aromatic carbocycles. The van der Waals surface area contributed by atoms with Crippen LogP contribution in [0.15, 0.2) is 42.5 Å². The minimum atomic E-state index is -0.694. The van der Waals surface area contributed by atoms with E-state index in [1.54, 1.807) is 24.3 Å². The van der Waals surface area contributed by atoms with Crippen molar-refractivity contribution in [2.24, 2.45) is 5.73 Å². The van der Waals surface area contributed by atoms with Crippen LogP contribution in [0, 0.1) is 0 Å². The Kier molecular flexibility index (Phi) is 7.85. The van der Waals surface area contributed by atoms with Crippen molar-refractivity contribution in [3.8, 4) is 11.5 Å². The Bertz CT molecular complexity index is 902. The van der Waals surface area contributed by atoms with Gasteiger partial charge in [0, 0.05) is 10.6 Å². The largest absolute Gasteiger partial charge is 0.493 e. The van der Waals surface area contributed by atoms with Crippen LogP contribution in [0.25, 0.3) is 0 Å². The van der Waals surface area contributed by atoms with Gasteiger partial charge in [-0.3, -0.25) is 14.4 Å². The molecule has 0 aliphatic rings.